The molecule has 2 aromatic carbocycles. The molecule has 2 rings (SSSR count). The molecule has 0 spiro atoms. The van der Waals surface area contributed by atoms with E-state index in [1.54, 1.807) is 12.1 Å². The molecule has 0 radical (unpaired) electrons. The summed E-state index contributed by atoms with van der Waals surface area (Å²) in [5, 5.41) is 12.2. The molecule has 19 heavy (non-hydrogen) atoms. The van der Waals surface area contributed by atoms with Gasteiger partial charge in [-0.1, -0.05) is 12.1 Å². The zero-order valence-electron chi connectivity index (χ0n) is 10.6. The molecule has 0 saturated heterocycles. The standard InChI is InChI=1S/C15H14BrN3/c1-10-12(3-2-4-14(10)18)9-19-15-6-5-11(8-17)7-13(15)16/h2-7,19H,9,18H2,1H3. The minimum absolute atomic E-state index is 0.637. The van der Waals surface area contributed by atoms with Crippen LogP contribution in [0.3, 0.4) is 0 Å². The Morgan fingerprint density at radius 3 is 2.79 bits per heavy atom. The van der Waals surface area contributed by atoms with Gasteiger partial charge < -0.3 is 11.1 Å². The Bertz CT molecular complexity index is 644. The highest BCUT2D eigenvalue weighted by Crippen LogP contribution is 2.25. The molecular weight excluding hydrogens is 302 g/mol. The fourth-order valence-corrected chi connectivity index (χ4v) is 2.33. The van der Waals surface area contributed by atoms with Crippen LogP contribution in [-0.4, -0.2) is 0 Å². The van der Waals surface area contributed by atoms with Crippen molar-refractivity contribution in [2.24, 2.45) is 0 Å². The van der Waals surface area contributed by atoms with Crippen LogP contribution in [0.4, 0.5) is 11.4 Å². The van der Waals surface area contributed by atoms with Gasteiger partial charge in [0.25, 0.3) is 0 Å². The monoisotopic (exact) mass is 315 g/mol. The van der Waals surface area contributed by atoms with Crippen LogP contribution in [0, 0.1) is 18.3 Å². The molecule has 0 amide bonds. The van der Waals surface area contributed by atoms with E-state index in [-0.39, 0.29) is 0 Å². The average Bonchev–Trinajstić information content (AvgIpc) is 2.41. The summed E-state index contributed by atoms with van der Waals surface area (Å²) >= 11 is 3.46. The van der Waals surface area contributed by atoms with Crippen molar-refractivity contribution in [3.63, 3.8) is 0 Å². The van der Waals surface area contributed by atoms with Gasteiger partial charge in [0.2, 0.25) is 0 Å². The van der Waals surface area contributed by atoms with Crippen molar-refractivity contribution >= 4 is 27.3 Å². The summed E-state index contributed by atoms with van der Waals surface area (Å²) in [6.07, 6.45) is 0. The molecule has 0 fully saturated rings. The Morgan fingerprint density at radius 2 is 2.11 bits per heavy atom. The number of hydrogen-bond donors (Lipinski definition) is 2. The van der Waals surface area contributed by atoms with Gasteiger partial charge in [-0.15, -0.1) is 0 Å². The molecule has 0 bridgehead atoms. The van der Waals surface area contributed by atoms with Crippen LogP contribution in [0.1, 0.15) is 16.7 Å². The highest BCUT2D eigenvalue weighted by Gasteiger charge is 2.04. The summed E-state index contributed by atoms with van der Waals surface area (Å²) in [5.41, 5.74) is 10.5. The molecule has 0 saturated carbocycles. The number of anilines is 2. The minimum atomic E-state index is 0.637. The largest absolute Gasteiger partial charge is 0.399 e. The summed E-state index contributed by atoms with van der Waals surface area (Å²) in [4.78, 5) is 0. The summed E-state index contributed by atoms with van der Waals surface area (Å²) in [7, 11) is 0. The second-order valence-electron chi connectivity index (χ2n) is 4.29. The molecule has 0 atom stereocenters. The number of halogens is 1. The van der Waals surface area contributed by atoms with Crippen molar-refractivity contribution < 1.29 is 0 Å². The van der Waals surface area contributed by atoms with Crippen molar-refractivity contribution in [2.75, 3.05) is 11.1 Å². The molecule has 0 unspecified atom stereocenters. The molecule has 0 aliphatic rings. The molecule has 3 N–H and O–H groups in total. The fraction of sp³-hybridized carbons (Fsp3) is 0.133. The number of nitrogen functional groups attached to an aromatic ring is 1. The zero-order chi connectivity index (χ0) is 13.8. The Hall–Kier alpha value is -1.99. The lowest BCUT2D eigenvalue weighted by atomic mass is 10.1. The number of nitriles is 1. The van der Waals surface area contributed by atoms with Gasteiger partial charge in [-0.25, -0.2) is 0 Å². The van der Waals surface area contributed by atoms with E-state index in [0.29, 0.717) is 12.1 Å². The van der Waals surface area contributed by atoms with E-state index in [0.717, 1.165) is 27.0 Å². The van der Waals surface area contributed by atoms with Gasteiger partial charge >= 0.3 is 0 Å². The Morgan fingerprint density at radius 1 is 1.32 bits per heavy atom. The summed E-state index contributed by atoms with van der Waals surface area (Å²) < 4.78 is 0.883. The molecule has 0 aliphatic heterocycles. The third-order valence-corrected chi connectivity index (χ3v) is 3.71. The molecule has 2 aromatic rings. The van der Waals surface area contributed by atoms with Crippen LogP contribution in [0.5, 0.6) is 0 Å². The van der Waals surface area contributed by atoms with Crippen LogP contribution in [-0.2, 0) is 6.54 Å². The van der Waals surface area contributed by atoms with Gasteiger partial charge in [0.1, 0.15) is 0 Å². The Balaban J connectivity index is 2.15. The summed E-state index contributed by atoms with van der Waals surface area (Å²) in [5.74, 6) is 0. The third kappa shape index (κ3) is 3.07. The third-order valence-electron chi connectivity index (χ3n) is 3.06. The van der Waals surface area contributed by atoms with Gasteiger partial charge in [-0.2, -0.15) is 5.26 Å². The molecule has 3 nitrogen and oxygen atoms in total. The van der Waals surface area contributed by atoms with Crippen LogP contribution < -0.4 is 11.1 Å². The second kappa shape index (κ2) is 5.77. The van der Waals surface area contributed by atoms with E-state index in [1.165, 1.54) is 0 Å². The van der Waals surface area contributed by atoms with Gasteiger partial charge in [-0.3, -0.25) is 0 Å². The van der Waals surface area contributed by atoms with E-state index in [1.807, 2.05) is 25.1 Å². The maximum Gasteiger partial charge on any atom is 0.0992 e. The average molecular weight is 316 g/mol. The lowest BCUT2D eigenvalue weighted by molar-refractivity contribution is 1.12. The molecule has 0 aromatic heterocycles. The van der Waals surface area contributed by atoms with Crippen LogP contribution in [0.25, 0.3) is 0 Å². The highest BCUT2D eigenvalue weighted by molar-refractivity contribution is 9.10. The number of rotatable bonds is 3. The molecule has 0 heterocycles. The Kier molecular flexibility index (Phi) is 4.08. The maximum absolute atomic E-state index is 8.82. The number of nitrogens with zero attached hydrogens (tertiary/aromatic N) is 1. The van der Waals surface area contributed by atoms with Gasteiger partial charge in [0.15, 0.2) is 0 Å². The smallest absolute Gasteiger partial charge is 0.0992 e. The van der Waals surface area contributed by atoms with Gasteiger partial charge in [0, 0.05) is 22.4 Å². The quantitative estimate of drug-likeness (QED) is 0.846. The second-order valence-corrected chi connectivity index (χ2v) is 5.15. The Labute approximate surface area is 121 Å². The van der Waals surface area contributed by atoms with Crippen LogP contribution in [0.15, 0.2) is 40.9 Å². The van der Waals surface area contributed by atoms with E-state index in [2.05, 4.69) is 33.4 Å². The minimum Gasteiger partial charge on any atom is -0.399 e. The van der Waals surface area contributed by atoms with E-state index in [9.17, 15) is 0 Å². The SMILES string of the molecule is Cc1c(N)cccc1CNc1ccc(C#N)cc1Br. The topological polar surface area (TPSA) is 61.8 Å². The van der Waals surface area contributed by atoms with Crippen molar-refractivity contribution in [2.45, 2.75) is 13.5 Å². The van der Waals surface area contributed by atoms with Crippen molar-refractivity contribution in [1.29, 1.82) is 5.26 Å². The highest BCUT2D eigenvalue weighted by atomic mass is 79.9. The first-order chi connectivity index (χ1) is 9.11. The number of nitrogens with one attached hydrogen (secondary N) is 1. The lowest BCUT2D eigenvalue weighted by Crippen LogP contribution is -2.03. The van der Waals surface area contributed by atoms with Crippen molar-refractivity contribution in [3.8, 4) is 6.07 Å². The van der Waals surface area contributed by atoms with Crippen LogP contribution >= 0.6 is 15.9 Å². The molecular formula is C15H14BrN3. The fourth-order valence-electron chi connectivity index (χ4n) is 1.81. The zero-order valence-corrected chi connectivity index (χ0v) is 12.2. The van der Waals surface area contributed by atoms with Gasteiger partial charge in [-0.05, 0) is 58.2 Å². The first-order valence-electron chi connectivity index (χ1n) is 5.89. The first-order valence-corrected chi connectivity index (χ1v) is 6.68. The van der Waals surface area contributed by atoms with Crippen LogP contribution in [0.2, 0.25) is 0 Å². The number of hydrogen-bond acceptors (Lipinski definition) is 3. The van der Waals surface area contributed by atoms with E-state index < -0.39 is 0 Å². The molecule has 0 aliphatic carbocycles. The molecule has 4 heteroatoms. The summed E-state index contributed by atoms with van der Waals surface area (Å²) in [6, 6.07) is 13.5. The lowest BCUT2D eigenvalue weighted by Gasteiger charge is -2.12. The van der Waals surface area contributed by atoms with E-state index in [4.69, 9.17) is 11.0 Å². The normalized spacial score (nSPS) is 9.95. The van der Waals surface area contributed by atoms with Gasteiger partial charge in [0.05, 0.1) is 11.6 Å². The number of benzene rings is 2. The summed E-state index contributed by atoms with van der Waals surface area (Å²) in [6.45, 7) is 2.71. The number of nitrogens with two attached hydrogens (primary N) is 1. The van der Waals surface area contributed by atoms with E-state index >= 15 is 0 Å². The van der Waals surface area contributed by atoms with Crippen molar-refractivity contribution in [1.82, 2.24) is 0 Å². The predicted octanol–water partition coefficient (Wildman–Crippen LogP) is 3.82. The maximum atomic E-state index is 8.82. The predicted molar refractivity (Wildman–Crippen MR) is 81.8 cm³/mol. The molecule has 96 valence electrons. The first kappa shape index (κ1) is 13.4. The van der Waals surface area contributed by atoms with Crippen molar-refractivity contribution in [3.05, 3.63) is 57.6 Å².